The van der Waals surface area contributed by atoms with E-state index in [9.17, 15) is 4.79 Å². The molecule has 0 aromatic heterocycles. The first-order chi connectivity index (χ1) is 9.38. The standard InChI is InChI=1S/C13H8Cl3IN2O/c14-7-1-2-11(10(17)5-7)19-13(20)6-3-8(15)12(18)9(16)4-6/h1-5H,18H2,(H,19,20). The van der Waals surface area contributed by atoms with E-state index >= 15 is 0 Å². The van der Waals surface area contributed by atoms with Gasteiger partial charge >= 0.3 is 0 Å². The van der Waals surface area contributed by atoms with Crippen molar-refractivity contribution in [2.24, 2.45) is 0 Å². The minimum atomic E-state index is -0.325. The van der Waals surface area contributed by atoms with Crippen molar-refractivity contribution in [3.8, 4) is 0 Å². The van der Waals surface area contributed by atoms with Crippen molar-refractivity contribution in [2.75, 3.05) is 11.1 Å². The number of carbonyl (C=O) groups is 1. The summed E-state index contributed by atoms with van der Waals surface area (Å²) < 4.78 is 0.830. The van der Waals surface area contributed by atoms with Crippen LogP contribution in [0.5, 0.6) is 0 Å². The number of halogens is 4. The van der Waals surface area contributed by atoms with Gasteiger partial charge in [0.05, 0.1) is 21.4 Å². The lowest BCUT2D eigenvalue weighted by Gasteiger charge is -2.09. The fraction of sp³-hybridized carbons (Fsp3) is 0. The van der Waals surface area contributed by atoms with E-state index in [1.807, 2.05) is 0 Å². The molecule has 1 amide bonds. The number of hydrogen-bond acceptors (Lipinski definition) is 2. The lowest BCUT2D eigenvalue weighted by molar-refractivity contribution is 0.102. The quantitative estimate of drug-likeness (QED) is 0.504. The SMILES string of the molecule is Nc1c(Cl)cc(C(=O)Nc2ccc(Cl)cc2I)cc1Cl. The number of hydrogen-bond donors (Lipinski definition) is 2. The fourth-order valence-corrected chi connectivity index (χ4v) is 2.99. The van der Waals surface area contributed by atoms with Crippen LogP contribution in [0.15, 0.2) is 30.3 Å². The van der Waals surface area contributed by atoms with Gasteiger partial charge < -0.3 is 11.1 Å². The summed E-state index contributed by atoms with van der Waals surface area (Å²) in [5.74, 6) is -0.325. The highest BCUT2D eigenvalue weighted by Crippen LogP contribution is 2.29. The van der Waals surface area contributed by atoms with Gasteiger partial charge in [-0.25, -0.2) is 0 Å². The molecule has 0 saturated carbocycles. The summed E-state index contributed by atoms with van der Waals surface area (Å²) in [5.41, 5.74) is 6.88. The third kappa shape index (κ3) is 3.49. The van der Waals surface area contributed by atoms with E-state index in [0.29, 0.717) is 16.3 Å². The summed E-state index contributed by atoms with van der Waals surface area (Å²) in [6.07, 6.45) is 0. The smallest absolute Gasteiger partial charge is 0.255 e. The van der Waals surface area contributed by atoms with Crippen LogP contribution in [0.2, 0.25) is 15.1 Å². The van der Waals surface area contributed by atoms with E-state index in [1.165, 1.54) is 12.1 Å². The first kappa shape index (κ1) is 15.7. The van der Waals surface area contributed by atoms with E-state index in [0.717, 1.165) is 3.57 Å². The third-order valence-electron chi connectivity index (χ3n) is 2.52. The van der Waals surface area contributed by atoms with Gasteiger partial charge in [0.25, 0.3) is 5.91 Å². The largest absolute Gasteiger partial charge is 0.396 e. The fourth-order valence-electron chi connectivity index (χ4n) is 1.50. The molecule has 0 heterocycles. The van der Waals surface area contributed by atoms with E-state index < -0.39 is 0 Å². The molecule has 0 fully saturated rings. The zero-order valence-corrected chi connectivity index (χ0v) is 14.3. The maximum atomic E-state index is 12.2. The van der Waals surface area contributed by atoms with Crippen LogP contribution in [-0.4, -0.2) is 5.91 Å². The maximum Gasteiger partial charge on any atom is 0.255 e. The zero-order valence-electron chi connectivity index (χ0n) is 9.88. The highest BCUT2D eigenvalue weighted by atomic mass is 127. The Morgan fingerprint density at radius 1 is 1.10 bits per heavy atom. The van der Waals surface area contributed by atoms with Crippen molar-refractivity contribution < 1.29 is 4.79 Å². The van der Waals surface area contributed by atoms with Crippen molar-refractivity contribution >= 4 is 74.7 Å². The molecule has 0 aliphatic carbocycles. The Kier molecular flexibility index (Phi) is 5.01. The number of carbonyl (C=O) groups excluding carboxylic acids is 1. The van der Waals surface area contributed by atoms with Crippen LogP contribution in [-0.2, 0) is 0 Å². The van der Waals surface area contributed by atoms with Crippen molar-refractivity contribution in [3.05, 3.63) is 54.5 Å². The second-order valence-electron chi connectivity index (χ2n) is 3.93. The predicted molar refractivity (Wildman–Crippen MR) is 93.0 cm³/mol. The zero-order chi connectivity index (χ0) is 14.9. The number of rotatable bonds is 2. The molecule has 0 radical (unpaired) electrons. The van der Waals surface area contributed by atoms with Gasteiger partial charge in [-0.2, -0.15) is 0 Å². The van der Waals surface area contributed by atoms with Gasteiger partial charge in [0.1, 0.15) is 0 Å². The van der Waals surface area contributed by atoms with Crippen molar-refractivity contribution in [1.29, 1.82) is 0 Å². The molecule has 0 saturated heterocycles. The molecule has 2 aromatic rings. The molecule has 3 nitrogen and oxygen atoms in total. The van der Waals surface area contributed by atoms with Crippen molar-refractivity contribution in [3.63, 3.8) is 0 Å². The molecule has 104 valence electrons. The monoisotopic (exact) mass is 440 g/mol. The molecule has 0 aliphatic heterocycles. The van der Waals surface area contributed by atoms with Gasteiger partial charge in [0, 0.05) is 14.2 Å². The Labute approximate surface area is 144 Å². The van der Waals surface area contributed by atoms with Crippen LogP contribution in [0.3, 0.4) is 0 Å². The Morgan fingerprint density at radius 2 is 1.70 bits per heavy atom. The molecular formula is C13H8Cl3IN2O. The Balaban J connectivity index is 2.28. The second kappa shape index (κ2) is 6.39. The average Bonchev–Trinajstić information content (AvgIpc) is 2.38. The third-order valence-corrected chi connectivity index (χ3v) is 4.27. The van der Waals surface area contributed by atoms with E-state index in [4.69, 9.17) is 40.5 Å². The van der Waals surface area contributed by atoms with Crippen LogP contribution in [0.1, 0.15) is 10.4 Å². The average molecular weight is 441 g/mol. The molecule has 0 aliphatic rings. The first-order valence-electron chi connectivity index (χ1n) is 5.39. The lowest BCUT2D eigenvalue weighted by atomic mass is 10.2. The Hall–Kier alpha value is -0.690. The normalized spacial score (nSPS) is 10.4. The van der Waals surface area contributed by atoms with Gasteiger partial charge in [-0.15, -0.1) is 0 Å². The summed E-state index contributed by atoms with van der Waals surface area (Å²) >= 11 is 19.8. The van der Waals surface area contributed by atoms with Gasteiger partial charge in [-0.1, -0.05) is 34.8 Å². The molecule has 20 heavy (non-hydrogen) atoms. The number of benzene rings is 2. The van der Waals surface area contributed by atoms with Crippen molar-refractivity contribution in [1.82, 2.24) is 0 Å². The van der Waals surface area contributed by atoms with Crippen LogP contribution in [0, 0.1) is 3.57 Å². The van der Waals surface area contributed by atoms with Gasteiger partial charge in [-0.05, 0) is 52.9 Å². The molecular weight excluding hydrogens is 433 g/mol. The number of nitrogen functional groups attached to an aromatic ring is 1. The Bertz CT molecular complexity index is 668. The van der Waals surface area contributed by atoms with E-state index in [-0.39, 0.29) is 21.6 Å². The lowest BCUT2D eigenvalue weighted by Crippen LogP contribution is -2.13. The summed E-state index contributed by atoms with van der Waals surface area (Å²) in [6, 6.07) is 8.12. The number of nitrogens with one attached hydrogen (secondary N) is 1. The predicted octanol–water partition coefficient (Wildman–Crippen LogP) is 5.09. The minimum absolute atomic E-state index is 0.244. The second-order valence-corrected chi connectivity index (χ2v) is 6.34. The van der Waals surface area contributed by atoms with Crippen LogP contribution >= 0.6 is 57.4 Å². The maximum absolute atomic E-state index is 12.2. The first-order valence-corrected chi connectivity index (χ1v) is 7.60. The van der Waals surface area contributed by atoms with Crippen molar-refractivity contribution in [2.45, 2.75) is 0 Å². The Morgan fingerprint density at radius 3 is 2.25 bits per heavy atom. The highest BCUT2D eigenvalue weighted by molar-refractivity contribution is 14.1. The topological polar surface area (TPSA) is 55.1 Å². The molecule has 0 bridgehead atoms. The molecule has 3 N–H and O–H groups in total. The van der Waals surface area contributed by atoms with Gasteiger partial charge in [-0.3, -0.25) is 4.79 Å². The molecule has 0 spiro atoms. The molecule has 0 atom stereocenters. The molecule has 0 unspecified atom stereocenters. The molecule has 2 aromatic carbocycles. The molecule has 7 heteroatoms. The van der Waals surface area contributed by atoms with Gasteiger partial charge in [0.15, 0.2) is 0 Å². The summed E-state index contributed by atoms with van der Waals surface area (Å²) in [7, 11) is 0. The van der Waals surface area contributed by atoms with Crippen LogP contribution in [0.4, 0.5) is 11.4 Å². The van der Waals surface area contributed by atoms with Crippen LogP contribution in [0.25, 0.3) is 0 Å². The summed E-state index contributed by atoms with van der Waals surface area (Å²) in [4.78, 5) is 12.2. The number of anilines is 2. The highest BCUT2D eigenvalue weighted by Gasteiger charge is 2.12. The molecule has 2 rings (SSSR count). The number of nitrogens with two attached hydrogens (primary N) is 1. The van der Waals surface area contributed by atoms with E-state index in [2.05, 4.69) is 27.9 Å². The summed E-state index contributed by atoms with van der Waals surface area (Å²) in [5, 5.41) is 3.86. The van der Waals surface area contributed by atoms with E-state index in [1.54, 1.807) is 18.2 Å². The minimum Gasteiger partial charge on any atom is -0.396 e. The summed E-state index contributed by atoms with van der Waals surface area (Å²) in [6.45, 7) is 0. The van der Waals surface area contributed by atoms with Crippen LogP contribution < -0.4 is 11.1 Å². The number of amides is 1. The van der Waals surface area contributed by atoms with Gasteiger partial charge in [0.2, 0.25) is 0 Å².